The average Bonchev–Trinajstić information content (AvgIpc) is 2.68. The lowest BCUT2D eigenvalue weighted by molar-refractivity contribution is 0.106. The maximum absolute atomic E-state index is 13.2. The van der Waals surface area contributed by atoms with E-state index in [4.69, 9.17) is 0 Å². The van der Waals surface area contributed by atoms with Crippen LogP contribution in [0.1, 0.15) is 17.2 Å². The first-order valence-corrected chi connectivity index (χ1v) is 10.0. The summed E-state index contributed by atoms with van der Waals surface area (Å²) in [5, 5.41) is 3.31. The van der Waals surface area contributed by atoms with Crippen LogP contribution in [0.15, 0.2) is 60.7 Å². The number of rotatable bonds is 6. The van der Waals surface area contributed by atoms with Crippen molar-refractivity contribution in [2.24, 2.45) is 0 Å². The second-order valence-electron chi connectivity index (χ2n) is 7.98. The second-order valence-corrected chi connectivity index (χ2v) is 7.98. The summed E-state index contributed by atoms with van der Waals surface area (Å²) in [6, 6.07) is 20.9. The molecule has 2 aromatic rings. The summed E-state index contributed by atoms with van der Waals surface area (Å²) in [7, 11) is 6.22. The highest BCUT2D eigenvalue weighted by molar-refractivity contribution is 5.75. The summed E-state index contributed by atoms with van der Waals surface area (Å²) in [4.78, 5) is 19.7. The van der Waals surface area contributed by atoms with Crippen molar-refractivity contribution in [2.45, 2.75) is 18.5 Å². The van der Waals surface area contributed by atoms with Crippen LogP contribution >= 0.6 is 0 Å². The smallest absolute Gasteiger partial charge is 0.318 e. The number of hydrogen-bond donors (Lipinski definition) is 1. The van der Waals surface area contributed by atoms with E-state index in [1.165, 1.54) is 11.1 Å². The number of likely N-dealkylation sites (N-methyl/N-ethyl adjacent to an activating group) is 2. The fraction of sp³-hybridized carbons (Fsp3) is 0.435. The Morgan fingerprint density at radius 1 is 1.07 bits per heavy atom. The molecule has 1 aliphatic heterocycles. The Morgan fingerprint density at radius 2 is 1.71 bits per heavy atom. The number of amides is 2. The molecule has 2 atom stereocenters. The van der Waals surface area contributed by atoms with E-state index < -0.39 is 0 Å². The van der Waals surface area contributed by atoms with E-state index >= 15 is 0 Å². The van der Waals surface area contributed by atoms with Gasteiger partial charge in [0.15, 0.2) is 0 Å². The second kappa shape index (κ2) is 9.71. The van der Waals surface area contributed by atoms with Gasteiger partial charge in [-0.1, -0.05) is 60.7 Å². The fourth-order valence-electron chi connectivity index (χ4n) is 3.88. The molecule has 0 aliphatic carbocycles. The molecule has 5 nitrogen and oxygen atoms in total. The minimum atomic E-state index is 0.0322. The third-order valence-corrected chi connectivity index (χ3v) is 5.27. The molecule has 28 heavy (non-hydrogen) atoms. The lowest BCUT2D eigenvalue weighted by Crippen LogP contribution is -2.55. The molecule has 1 N–H and O–H groups in total. The van der Waals surface area contributed by atoms with Gasteiger partial charge < -0.3 is 20.0 Å². The Hall–Kier alpha value is -2.37. The van der Waals surface area contributed by atoms with Crippen LogP contribution < -0.4 is 5.32 Å². The van der Waals surface area contributed by atoms with Crippen molar-refractivity contribution in [3.63, 3.8) is 0 Å². The molecule has 0 saturated carbocycles. The maximum atomic E-state index is 13.2. The first kappa shape index (κ1) is 20.4. The minimum absolute atomic E-state index is 0.0322. The van der Waals surface area contributed by atoms with Crippen molar-refractivity contribution >= 4 is 6.03 Å². The summed E-state index contributed by atoms with van der Waals surface area (Å²) in [6.07, 6.45) is 0.828. The molecular weight excluding hydrogens is 348 g/mol. The van der Waals surface area contributed by atoms with Gasteiger partial charge in [-0.3, -0.25) is 0 Å². The zero-order valence-electron chi connectivity index (χ0n) is 17.2. The number of carbonyl (C=O) groups is 1. The molecule has 1 saturated heterocycles. The molecule has 2 unspecified atom stereocenters. The number of hydrogen-bond acceptors (Lipinski definition) is 3. The van der Waals surface area contributed by atoms with E-state index in [0.717, 1.165) is 32.6 Å². The van der Waals surface area contributed by atoms with Gasteiger partial charge in [-0.15, -0.1) is 0 Å². The lowest BCUT2D eigenvalue weighted by Gasteiger charge is -2.41. The largest absolute Gasteiger partial charge is 0.334 e. The molecular formula is C23H32N4O. The molecule has 150 valence electrons. The van der Waals surface area contributed by atoms with Crippen LogP contribution in [0, 0.1) is 0 Å². The average molecular weight is 381 g/mol. The van der Waals surface area contributed by atoms with Gasteiger partial charge in [-0.25, -0.2) is 4.79 Å². The molecule has 0 spiro atoms. The van der Waals surface area contributed by atoms with E-state index in [1.807, 2.05) is 43.3 Å². The number of carbonyl (C=O) groups excluding carboxylic acids is 1. The van der Waals surface area contributed by atoms with Crippen LogP contribution in [0.3, 0.4) is 0 Å². The monoisotopic (exact) mass is 380 g/mol. The van der Waals surface area contributed by atoms with Gasteiger partial charge in [-0.2, -0.15) is 0 Å². The molecule has 1 aliphatic rings. The summed E-state index contributed by atoms with van der Waals surface area (Å²) < 4.78 is 0. The molecule has 2 aromatic carbocycles. The van der Waals surface area contributed by atoms with Crippen molar-refractivity contribution in [3.05, 3.63) is 71.8 Å². The number of urea groups is 1. The Bertz CT molecular complexity index is 735. The van der Waals surface area contributed by atoms with Crippen LogP contribution in [0.25, 0.3) is 0 Å². The van der Waals surface area contributed by atoms with Crippen molar-refractivity contribution in [3.8, 4) is 0 Å². The number of nitrogens with one attached hydrogen (secondary N) is 1. The normalized spacial score (nSPS) is 18.9. The topological polar surface area (TPSA) is 38.8 Å². The van der Waals surface area contributed by atoms with Gasteiger partial charge in [-0.05, 0) is 38.7 Å². The summed E-state index contributed by atoms with van der Waals surface area (Å²) in [5.41, 5.74) is 2.43. The molecule has 0 radical (unpaired) electrons. The zero-order chi connectivity index (χ0) is 19.9. The van der Waals surface area contributed by atoms with E-state index in [9.17, 15) is 4.79 Å². The number of nitrogens with zero attached hydrogens (tertiary/aromatic N) is 3. The van der Waals surface area contributed by atoms with Crippen molar-refractivity contribution in [1.82, 2.24) is 20.0 Å². The highest BCUT2D eigenvalue weighted by Gasteiger charge is 2.31. The van der Waals surface area contributed by atoms with Gasteiger partial charge in [0.25, 0.3) is 0 Å². The SMILES string of the molecule is CN(C)CC(Cc1ccccc1)NC(=O)N1CCN(C)CC1c1ccccc1. The first-order valence-electron chi connectivity index (χ1n) is 10.0. The molecule has 5 heteroatoms. The third-order valence-electron chi connectivity index (χ3n) is 5.27. The van der Waals surface area contributed by atoms with E-state index in [1.54, 1.807) is 0 Å². The molecule has 0 bridgehead atoms. The van der Waals surface area contributed by atoms with Gasteiger partial charge in [0.05, 0.1) is 6.04 Å². The predicted molar refractivity (Wildman–Crippen MR) is 114 cm³/mol. The van der Waals surface area contributed by atoms with E-state index in [0.29, 0.717) is 0 Å². The molecule has 0 aromatic heterocycles. The van der Waals surface area contributed by atoms with Crippen LogP contribution in [-0.2, 0) is 6.42 Å². The number of piperazine rings is 1. The van der Waals surface area contributed by atoms with Gasteiger partial charge in [0, 0.05) is 32.2 Å². The summed E-state index contributed by atoms with van der Waals surface area (Å²) in [5.74, 6) is 0. The zero-order valence-corrected chi connectivity index (χ0v) is 17.2. The van der Waals surface area contributed by atoms with Crippen LogP contribution in [0.4, 0.5) is 4.79 Å². The Kier molecular flexibility index (Phi) is 7.06. The molecule has 1 heterocycles. The first-order chi connectivity index (χ1) is 13.5. The maximum Gasteiger partial charge on any atom is 0.318 e. The predicted octanol–water partition coefficient (Wildman–Crippen LogP) is 2.86. The fourth-order valence-corrected chi connectivity index (χ4v) is 3.88. The highest BCUT2D eigenvalue weighted by Crippen LogP contribution is 2.25. The van der Waals surface area contributed by atoms with E-state index in [-0.39, 0.29) is 18.1 Å². The summed E-state index contributed by atoms with van der Waals surface area (Å²) >= 11 is 0. The van der Waals surface area contributed by atoms with Crippen LogP contribution in [-0.4, -0.2) is 74.1 Å². The van der Waals surface area contributed by atoms with Crippen molar-refractivity contribution in [1.29, 1.82) is 0 Å². The molecule has 2 amide bonds. The van der Waals surface area contributed by atoms with Crippen molar-refractivity contribution in [2.75, 3.05) is 47.3 Å². The lowest BCUT2D eigenvalue weighted by atomic mass is 10.0. The third kappa shape index (κ3) is 5.57. The number of benzene rings is 2. The Labute approximate surface area is 168 Å². The molecule has 1 fully saturated rings. The van der Waals surface area contributed by atoms with E-state index in [2.05, 4.69) is 58.6 Å². The van der Waals surface area contributed by atoms with Gasteiger partial charge >= 0.3 is 6.03 Å². The van der Waals surface area contributed by atoms with Gasteiger partial charge in [0.1, 0.15) is 0 Å². The van der Waals surface area contributed by atoms with Crippen LogP contribution in [0.5, 0.6) is 0 Å². The van der Waals surface area contributed by atoms with Gasteiger partial charge in [0.2, 0.25) is 0 Å². The Morgan fingerprint density at radius 3 is 2.36 bits per heavy atom. The Balaban J connectivity index is 1.73. The molecule has 3 rings (SSSR count). The van der Waals surface area contributed by atoms with Crippen LogP contribution in [0.2, 0.25) is 0 Å². The highest BCUT2D eigenvalue weighted by atomic mass is 16.2. The minimum Gasteiger partial charge on any atom is -0.334 e. The van der Waals surface area contributed by atoms with Crippen molar-refractivity contribution < 1.29 is 4.79 Å². The standard InChI is InChI=1S/C23H32N4O/c1-25(2)17-21(16-19-10-6-4-7-11-19)24-23(28)27-15-14-26(3)18-22(27)20-12-8-5-9-13-20/h4-13,21-22H,14-18H2,1-3H3,(H,24,28). The summed E-state index contributed by atoms with van der Waals surface area (Å²) in [6.45, 7) is 3.30. The quantitative estimate of drug-likeness (QED) is 0.838.